The lowest BCUT2D eigenvalue weighted by atomic mass is 10.2. The molecule has 0 aliphatic heterocycles. The van der Waals surface area contributed by atoms with Crippen LogP contribution in [0.4, 0.5) is 13.2 Å². The first-order valence-electron chi connectivity index (χ1n) is 7.98. The van der Waals surface area contributed by atoms with E-state index in [2.05, 4.69) is 15.0 Å². The lowest BCUT2D eigenvalue weighted by Crippen LogP contribution is -2.31. The normalized spacial score (nSPS) is 12.4. The molecule has 1 heterocycles. The van der Waals surface area contributed by atoms with E-state index in [4.69, 9.17) is 16.3 Å². The zero-order valence-corrected chi connectivity index (χ0v) is 15.4. The third-order valence-electron chi connectivity index (χ3n) is 3.49. The SMILES string of the molecule is Cc1cccc(Cl)c1OCC(=O)NC(C)c1ccc(OCC(F)(F)F)cn1. The number of para-hydroxylation sites is 1. The minimum Gasteiger partial charge on any atom is -0.483 e. The van der Waals surface area contributed by atoms with Crippen LogP contribution in [0, 0.1) is 6.92 Å². The summed E-state index contributed by atoms with van der Waals surface area (Å²) in [4.78, 5) is 16.1. The average Bonchev–Trinajstić information content (AvgIpc) is 2.59. The second kappa shape index (κ2) is 8.94. The van der Waals surface area contributed by atoms with Crippen LogP contribution < -0.4 is 14.8 Å². The summed E-state index contributed by atoms with van der Waals surface area (Å²) >= 11 is 6.03. The molecule has 0 saturated heterocycles. The van der Waals surface area contributed by atoms with Gasteiger partial charge in [0.2, 0.25) is 0 Å². The topological polar surface area (TPSA) is 60.5 Å². The summed E-state index contributed by atoms with van der Waals surface area (Å²) in [6.07, 6.45) is -3.24. The van der Waals surface area contributed by atoms with Crippen LogP contribution in [0.3, 0.4) is 0 Å². The van der Waals surface area contributed by atoms with Crippen molar-refractivity contribution in [2.75, 3.05) is 13.2 Å². The number of nitrogens with zero attached hydrogens (tertiary/aromatic N) is 1. The number of alkyl halides is 3. The summed E-state index contributed by atoms with van der Waals surface area (Å²) in [6, 6.07) is 7.63. The summed E-state index contributed by atoms with van der Waals surface area (Å²) < 4.78 is 46.4. The van der Waals surface area contributed by atoms with Gasteiger partial charge in [-0.05, 0) is 37.6 Å². The summed E-state index contributed by atoms with van der Waals surface area (Å²) in [5.74, 6) is 0.0411. The van der Waals surface area contributed by atoms with Gasteiger partial charge in [0.05, 0.1) is 23.0 Å². The molecule has 146 valence electrons. The Bertz CT molecular complexity index is 762. The van der Waals surface area contributed by atoms with Gasteiger partial charge in [0.1, 0.15) is 11.5 Å². The van der Waals surface area contributed by atoms with Gasteiger partial charge in [-0.15, -0.1) is 0 Å². The monoisotopic (exact) mass is 402 g/mol. The van der Waals surface area contributed by atoms with Crippen molar-refractivity contribution in [3.8, 4) is 11.5 Å². The second-order valence-electron chi connectivity index (χ2n) is 5.79. The molecule has 9 heteroatoms. The highest BCUT2D eigenvalue weighted by molar-refractivity contribution is 6.32. The maximum atomic E-state index is 12.1. The number of pyridine rings is 1. The Morgan fingerprint density at radius 3 is 2.59 bits per heavy atom. The Labute approximate surface area is 159 Å². The van der Waals surface area contributed by atoms with Crippen molar-refractivity contribution < 1.29 is 27.4 Å². The van der Waals surface area contributed by atoms with Crippen LogP contribution in [-0.2, 0) is 4.79 Å². The molecular formula is C18H18ClF3N2O3. The Hall–Kier alpha value is -2.48. The fourth-order valence-corrected chi connectivity index (χ4v) is 2.47. The van der Waals surface area contributed by atoms with Gasteiger partial charge in [-0.1, -0.05) is 23.7 Å². The van der Waals surface area contributed by atoms with Gasteiger partial charge in [-0.2, -0.15) is 13.2 Å². The summed E-state index contributed by atoms with van der Waals surface area (Å²) in [7, 11) is 0. The van der Waals surface area contributed by atoms with E-state index >= 15 is 0 Å². The molecule has 0 aliphatic rings. The van der Waals surface area contributed by atoms with E-state index in [1.54, 1.807) is 19.1 Å². The van der Waals surface area contributed by atoms with Crippen molar-refractivity contribution in [1.29, 1.82) is 0 Å². The average molecular weight is 403 g/mol. The zero-order valence-electron chi connectivity index (χ0n) is 14.6. The molecule has 2 rings (SSSR count). The lowest BCUT2D eigenvalue weighted by Gasteiger charge is -2.15. The molecule has 2 aromatic rings. The van der Waals surface area contributed by atoms with Gasteiger partial charge in [-0.25, -0.2) is 0 Å². The summed E-state index contributed by atoms with van der Waals surface area (Å²) in [5, 5.41) is 3.10. The molecule has 1 atom stereocenters. The maximum Gasteiger partial charge on any atom is 0.422 e. The number of hydrogen-bond acceptors (Lipinski definition) is 4. The largest absolute Gasteiger partial charge is 0.483 e. The fourth-order valence-electron chi connectivity index (χ4n) is 2.19. The smallest absolute Gasteiger partial charge is 0.422 e. The first-order valence-corrected chi connectivity index (χ1v) is 8.36. The zero-order chi connectivity index (χ0) is 20.0. The number of rotatable bonds is 7. The van der Waals surface area contributed by atoms with Crippen LogP contribution in [0.1, 0.15) is 24.2 Å². The van der Waals surface area contributed by atoms with Crippen molar-refractivity contribution >= 4 is 17.5 Å². The van der Waals surface area contributed by atoms with E-state index in [1.165, 1.54) is 18.3 Å². The van der Waals surface area contributed by atoms with Gasteiger partial charge in [0.25, 0.3) is 5.91 Å². The Morgan fingerprint density at radius 1 is 1.26 bits per heavy atom. The molecule has 0 saturated carbocycles. The Kier molecular flexibility index (Phi) is 6.90. The quantitative estimate of drug-likeness (QED) is 0.752. The first-order chi connectivity index (χ1) is 12.7. The first kappa shape index (κ1) is 20.8. The fraction of sp³-hybridized carbons (Fsp3) is 0.333. The minimum absolute atomic E-state index is 0.00729. The number of benzene rings is 1. The molecule has 1 N–H and O–H groups in total. The van der Waals surface area contributed by atoms with Gasteiger partial charge in [0, 0.05) is 0 Å². The number of ether oxygens (including phenoxy) is 2. The van der Waals surface area contributed by atoms with Crippen molar-refractivity contribution in [3.05, 3.63) is 52.8 Å². The summed E-state index contributed by atoms with van der Waals surface area (Å²) in [5.41, 5.74) is 1.27. The van der Waals surface area contributed by atoms with E-state index in [0.29, 0.717) is 16.5 Å². The lowest BCUT2D eigenvalue weighted by molar-refractivity contribution is -0.153. The van der Waals surface area contributed by atoms with Crippen LogP contribution in [0.2, 0.25) is 5.02 Å². The second-order valence-corrected chi connectivity index (χ2v) is 6.19. The summed E-state index contributed by atoms with van der Waals surface area (Å²) in [6.45, 7) is 1.88. The highest BCUT2D eigenvalue weighted by atomic mass is 35.5. The number of nitrogens with one attached hydrogen (secondary N) is 1. The molecule has 5 nitrogen and oxygen atoms in total. The van der Waals surface area contributed by atoms with Crippen LogP contribution in [0.15, 0.2) is 36.5 Å². The van der Waals surface area contributed by atoms with Gasteiger partial charge >= 0.3 is 6.18 Å². The molecule has 0 bridgehead atoms. The molecule has 0 radical (unpaired) electrons. The number of hydrogen-bond donors (Lipinski definition) is 1. The molecule has 1 aromatic carbocycles. The number of aryl methyl sites for hydroxylation is 1. The number of aromatic nitrogens is 1. The van der Waals surface area contributed by atoms with Crippen LogP contribution in [0.5, 0.6) is 11.5 Å². The molecular weight excluding hydrogens is 385 g/mol. The van der Waals surface area contributed by atoms with Crippen LogP contribution >= 0.6 is 11.6 Å². The van der Waals surface area contributed by atoms with Crippen LogP contribution in [0.25, 0.3) is 0 Å². The highest BCUT2D eigenvalue weighted by Crippen LogP contribution is 2.27. The van der Waals surface area contributed by atoms with E-state index in [-0.39, 0.29) is 18.3 Å². The van der Waals surface area contributed by atoms with Crippen molar-refractivity contribution in [2.45, 2.75) is 26.1 Å². The highest BCUT2D eigenvalue weighted by Gasteiger charge is 2.28. The minimum atomic E-state index is -4.42. The van der Waals surface area contributed by atoms with E-state index in [0.717, 1.165) is 5.56 Å². The van der Waals surface area contributed by atoms with E-state index < -0.39 is 18.8 Å². The molecule has 1 unspecified atom stereocenters. The van der Waals surface area contributed by atoms with Crippen molar-refractivity contribution in [3.63, 3.8) is 0 Å². The molecule has 0 spiro atoms. The predicted octanol–water partition coefficient (Wildman–Crippen LogP) is 4.24. The molecule has 1 amide bonds. The molecule has 1 aromatic heterocycles. The van der Waals surface area contributed by atoms with E-state index in [9.17, 15) is 18.0 Å². The molecule has 27 heavy (non-hydrogen) atoms. The Morgan fingerprint density at radius 2 is 2.00 bits per heavy atom. The predicted molar refractivity (Wildman–Crippen MR) is 94.0 cm³/mol. The third kappa shape index (κ3) is 6.63. The van der Waals surface area contributed by atoms with Gasteiger partial charge in [0.15, 0.2) is 13.2 Å². The number of carbonyl (C=O) groups excluding carboxylic acids is 1. The van der Waals surface area contributed by atoms with E-state index in [1.807, 2.05) is 13.0 Å². The third-order valence-corrected chi connectivity index (χ3v) is 3.79. The van der Waals surface area contributed by atoms with Gasteiger partial charge < -0.3 is 14.8 Å². The Balaban J connectivity index is 1.87. The number of carbonyl (C=O) groups is 1. The molecule has 0 fully saturated rings. The van der Waals surface area contributed by atoms with Gasteiger partial charge in [-0.3, -0.25) is 9.78 Å². The van der Waals surface area contributed by atoms with Crippen LogP contribution in [-0.4, -0.2) is 30.3 Å². The van der Waals surface area contributed by atoms with Crippen molar-refractivity contribution in [1.82, 2.24) is 10.3 Å². The maximum absolute atomic E-state index is 12.1. The number of amides is 1. The standard InChI is InChI=1S/C18H18ClF3N2O3/c1-11-4-3-5-14(19)17(11)26-9-16(25)24-12(2)15-7-6-13(8-23-15)27-10-18(20,21)22/h3-8,12H,9-10H2,1-2H3,(H,24,25). The molecule has 0 aliphatic carbocycles. The number of halogens is 4. The van der Waals surface area contributed by atoms with Crippen molar-refractivity contribution in [2.24, 2.45) is 0 Å².